The first-order valence-electron chi connectivity index (χ1n) is 5.18. The summed E-state index contributed by atoms with van der Waals surface area (Å²) in [6, 6.07) is 8.66. The Morgan fingerprint density at radius 2 is 2.00 bits per heavy atom. The normalized spacial score (nSPS) is 11.8. The minimum absolute atomic E-state index is 0.107. The molecule has 0 heterocycles. The monoisotopic (exact) mass is 253 g/mol. The van der Waals surface area contributed by atoms with Crippen LogP contribution in [0, 0.1) is 0 Å². The highest BCUT2D eigenvalue weighted by atomic mass is 32.2. The van der Waals surface area contributed by atoms with Gasteiger partial charge in [-0.1, -0.05) is 30.3 Å². The van der Waals surface area contributed by atoms with Gasteiger partial charge in [-0.2, -0.15) is 11.8 Å². The molecule has 1 amide bonds. The van der Waals surface area contributed by atoms with Gasteiger partial charge in [0, 0.05) is 0 Å². The fourth-order valence-corrected chi connectivity index (χ4v) is 1.82. The molecule has 0 saturated heterocycles. The number of carbonyl (C=O) groups is 2. The van der Waals surface area contributed by atoms with E-state index in [0.717, 1.165) is 5.56 Å². The first-order valence-corrected chi connectivity index (χ1v) is 6.58. The summed E-state index contributed by atoms with van der Waals surface area (Å²) in [5.74, 6) is -0.737. The van der Waals surface area contributed by atoms with E-state index in [4.69, 9.17) is 5.11 Å². The second-order valence-corrected chi connectivity index (χ2v) is 4.43. The van der Waals surface area contributed by atoms with E-state index in [1.54, 1.807) is 0 Å². The molecule has 2 N–H and O–H groups in total. The molecule has 92 valence electrons. The van der Waals surface area contributed by atoms with E-state index in [1.165, 1.54) is 11.8 Å². The molecular formula is C12H15NO3S. The van der Waals surface area contributed by atoms with Gasteiger partial charge in [-0.05, 0) is 11.8 Å². The standard InChI is InChI=1S/C12H15NO3S/c1-17-8-11(14)13-10(7-12(15)16)9-5-3-2-4-6-9/h2-6,10H,7-8H2,1H3,(H,13,14)(H,15,16). The van der Waals surface area contributed by atoms with Crippen LogP contribution in [0.1, 0.15) is 18.0 Å². The summed E-state index contributed by atoms with van der Waals surface area (Å²) in [5.41, 5.74) is 0.810. The van der Waals surface area contributed by atoms with Gasteiger partial charge in [-0.3, -0.25) is 9.59 Å². The van der Waals surface area contributed by atoms with Crippen LogP contribution in [0.2, 0.25) is 0 Å². The van der Waals surface area contributed by atoms with Crippen molar-refractivity contribution in [3.05, 3.63) is 35.9 Å². The molecule has 1 atom stereocenters. The van der Waals surface area contributed by atoms with E-state index < -0.39 is 12.0 Å². The fourth-order valence-electron chi connectivity index (χ4n) is 1.48. The lowest BCUT2D eigenvalue weighted by atomic mass is 10.0. The van der Waals surface area contributed by atoms with Crippen LogP contribution < -0.4 is 5.32 Å². The van der Waals surface area contributed by atoms with Crippen molar-refractivity contribution in [3.8, 4) is 0 Å². The molecule has 0 aliphatic carbocycles. The first kappa shape index (κ1) is 13.6. The molecule has 1 aromatic carbocycles. The second kappa shape index (κ2) is 6.96. The number of hydrogen-bond donors (Lipinski definition) is 2. The molecule has 4 nitrogen and oxygen atoms in total. The smallest absolute Gasteiger partial charge is 0.305 e. The Morgan fingerprint density at radius 3 is 2.53 bits per heavy atom. The summed E-state index contributed by atoms with van der Waals surface area (Å²) in [6.45, 7) is 0. The third-order valence-corrected chi connectivity index (χ3v) is 2.74. The van der Waals surface area contributed by atoms with Gasteiger partial charge in [-0.15, -0.1) is 0 Å². The maximum atomic E-state index is 11.5. The van der Waals surface area contributed by atoms with E-state index in [2.05, 4.69) is 5.32 Å². The van der Waals surface area contributed by atoms with Gasteiger partial charge in [0.15, 0.2) is 0 Å². The van der Waals surface area contributed by atoms with Crippen molar-refractivity contribution in [2.75, 3.05) is 12.0 Å². The summed E-state index contributed by atoms with van der Waals surface area (Å²) in [5, 5.41) is 11.6. The molecule has 0 fully saturated rings. The quantitative estimate of drug-likeness (QED) is 0.809. The van der Waals surface area contributed by atoms with Crippen LogP contribution in [0.5, 0.6) is 0 Å². The van der Waals surface area contributed by atoms with Crippen LogP contribution in [0.4, 0.5) is 0 Å². The second-order valence-electron chi connectivity index (χ2n) is 3.56. The number of thioether (sulfide) groups is 1. The van der Waals surface area contributed by atoms with Gasteiger partial charge in [0.1, 0.15) is 0 Å². The van der Waals surface area contributed by atoms with Crippen LogP contribution in [-0.2, 0) is 9.59 Å². The lowest BCUT2D eigenvalue weighted by Crippen LogP contribution is -2.31. The molecule has 1 rings (SSSR count). The van der Waals surface area contributed by atoms with Gasteiger partial charge in [0.25, 0.3) is 0 Å². The van der Waals surface area contributed by atoms with Crippen LogP contribution in [0.3, 0.4) is 0 Å². The van der Waals surface area contributed by atoms with Gasteiger partial charge in [0.2, 0.25) is 5.91 Å². The number of amides is 1. The molecule has 0 saturated carbocycles. The van der Waals surface area contributed by atoms with Crippen molar-refractivity contribution < 1.29 is 14.7 Å². The Hall–Kier alpha value is -1.49. The summed E-state index contributed by atoms with van der Waals surface area (Å²) in [6.07, 6.45) is 1.72. The van der Waals surface area contributed by atoms with E-state index in [-0.39, 0.29) is 12.3 Å². The summed E-state index contributed by atoms with van der Waals surface area (Å²) >= 11 is 1.41. The van der Waals surface area contributed by atoms with E-state index in [9.17, 15) is 9.59 Å². The van der Waals surface area contributed by atoms with Crippen LogP contribution in [0.25, 0.3) is 0 Å². The lowest BCUT2D eigenvalue weighted by Gasteiger charge is -2.17. The number of aliphatic carboxylic acids is 1. The van der Waals surface area contributed by atoms with Gasteiger partial charge in [0.05, 0.1) is 18.2 Å². The molecule has 1 unspecified atom stereocenters. The number of nitrogens with one attached hydrogen (secondary N) is 1. The highest BCUT2D eigenvalue weighted by Crippen LogP contribution is 2.16. The predicted octanol–water partition coefficient (Wildman–Crippen LogP) is 1.68. The molecule has 1 aromatic rings. The number of carbonyl (C=O) groups excluding carboxylic acids is 1. The van der Waals surface area contributed by atoms with Crippen LogP contribution >= 0.6 is 11.8 Å². The highest BCUT2D eigenvalue weighted by Gasteiger charge is 2.17. The molecule has 0 aliphatic rings. The zero-order valence-corrected chi connectivity index (χ0v) is 10.4. The fraction of sp³-hybridized carbons (Fsp3) is 0.333. The molecule has 0 radical (unpaired) electrons. The van der Waals surface area contributed by atoms with E-state index >= 15 is 0 Å². The van der Waals surface area contributed by atoms with E-state index in [1.807, 2.05) is 36.6 Å². The number of hydrogen-bond acceptors (Lipinski definition) is 3. The topological polar surface area (TPSA) is 66.4 Å². The predicted molar refractivity (Wildman–Crippen MR) is 68.0 cm³/mol. The van der Waals surface area contributed by atoms with Crippen molar-refractivity contribution >= 4 is 23.6 Å². The number of carboxylic acid groups (broad SMARTS) is 1. The van der Waals surface area contributed by atoms with Gasteiger partial charge < -0.3 is 10.4 Å². The molecule has 0 bridgehead atoms. The first-order chi connectivity index (χ1) is 8.13. The van der Waals surface area contributed by atoms with E-state index in [0.29, 0.717) is 5.75 Å². The Bertz CT molecular complexity index is 381. The number of carboxylic acids is 1. The third-order valence-electron chi connectivity index (χ3n) is 2.19. The largest absolute Gasteiger partial charge is 0.481 e. The zero-order valence-electron chi connectivity index (χ0n) is 9.55. The third kappa shape index (κ3) is 4.91. The SMILES string of the molecule is CSCC(=O)NC(CC(=O)O)c1ccccc1. The van der Waals surface area contributed by atoms with Crippen molar-refractivity contribution in [1.82, 2.24) is 5.32 Å². The van der Waals surface area contributed by atoms with Crippen molar-refractivity contribution in [2.45, 2.75) is 12.5 Å². The Labute approximate surface area is 104 Å². The molecule has 0 aromatic heterocycles. The Morgan fingerprint density at radius 1 is 1.35 bits per heavy atom. The molecular weight excluding hydrogens is 238 g/mol. The lowest BCUT2D eigenvalue weighted by molar-refractivity contribution is -0.137. The summed E-state index contributed by atoms with van der Waals surface area (Å²) in [7, 11) is 0. The Kier molecular flexibility index (Phi) is 5.56. The van der Waals surface area contributed by atoms with Gasteiger partial charge >= 0.3 is 5.97 Å². The average molecular weight is 253 g/mol. The summed E-state index contributed by atoms with van der Waals surface area (Å²) < 4.78 is 0. The highest BCUT2D eigenvalue weighted by molar-refractivity contribution is 7.99. The summed E-state index contributed by atoms with van der Waals surface area (Å²) in [4.78, 5) is 22.2. The number of rotatable bonds is 6. The molecule has 17 heavy (non-hydrogen) atoms. The maximum absolute atomic E-state index is 11.5. The molecule has 0 spiro atoms. The van der Waals surface area contributed by atoms with Gasteiger partial charge in [-0.25, -0.2) is 0 Å². The average Bonchev–Trinajstić information content (AvgIpc) is 2.29. The van der Waals surface area contributed by atoms with Crippen LogP contribution in [-0.4, -0.2) is 29.0 Å². The zero-order chi connectivity index (χ0) is 12.7. The van der Waals surface area contributed by atoms with Crippen molar-refractivity contribution in [2.24, 2.45) is 0 Å². The van der Waals surface area contributed by atoms with Crippen molar-refractivity contribution in [1.29, 1.82) is 0 Å². The van der Waals surface area contributed by atoms with Crippen molar-refractivity contribution in [3.63, 3.8) is 0 Å². The molecule has 5 heteroatoms. The molecule has 0 aliphatic heterocycles. The minimum Gasteiger partial charge on any atom is -0.481 e. The Balaban J connectivity index is 2.74. The maximum Gasteiger partial charge on any atom is 0.305 e. The minimum atomic E-state index is -0.927. The number of benzene rings is 1. The van der Waals surface area contributed by atoms with Crippen LogP contribution in [0.15, 0.2) is 30.3 Å².